The van der Waals surface area contributed by atoms with Crippen molar-refractivity contribution in [1.82, 2.24) is 0 Å². The molecule has 0 unspecified atom stereocenters. The summed E-state index contributed by atoms with van der Waals surface area (Å²) in [6.45, 7) is 3.51. The van der Waals surface area contributed by atoms with Crippen molar-refractivity contribution in [3.8, 4) is 0 Å². The number of hydrogen-bond acceptors (Lipinski definition) is 3. The minimum absolute atomic E-state index is 0.107. The molecule has 1 aromatic rings. The minimum Gasteiger partial charge on any atom is -0.282 e. The molecule has 0 saturated heterocycles. The molecule has 0 aliphatic heterocycles. The van der Waals surface area contributed by atoms with Gasteiger partial charge in [-0.15, -0.1) is 19.2 Å². The first-order chi connectivity index (χ1) is 6.46. The van der Waals surface area contributed by atoms with Crippen LogP contribution in [0.25, 0.3) is 0 Å². The molecule has 76 valence electrons. The molecule has 3 nitrogen and oxygen atoms in total. The molecule has 0 saturated carbocycles. The number of benzene rings is 1. The second-order valence-corrected chi connectivity index (χ2v) is 4.59. The Morgan fingerprint density at radius 1 is 1.50 bits per heavy atom. The standard InChI is InChI=1S/C9H10O3S2/c1-2-4-7-8(13)5-3-6-9(7)14(10,11)12/h2-3,5-6,13H,1,4H2,(H,10,11,12). The summed E-state index contributed by atoms with van der Waals surface area (Å²) in [5.41, 5.74) is 0.466. The van der Waals surface area contributed by atoms with Crippen LogP contribution in [0.2, 0.25) is 0 Å². The molecule has 0 aromatic heterocycles. The first-order valence-corrected chi connectivity index (χ1v) is 5.74. The molecule has 0 atom stereocenters. The Morgan fingerprint density at radius 3 is 2.64 bits per heavy atom. The Labute approximate surface area is 88.6 Å². The molecular formula is C9H10O3S2. The molecule has 0 bridgehead atoms. The fourth-order valence-corrected chi connectivity index (χ4v) is 2.27. The van der Waals surface area contributed by atoms with Gasteiger partial charge >= 0.3 is 0 Å². The van der Waals surface area contributed by atoms with Crippen LogP contribution >= 0.6 is 12.6 Å². The lowest BCUT2D eigenvalue weighted by Crippen LogP contribution is -2.03. The van der Waals surface area contributed by atoms with Crippen molar-refractivity contribution in [2.75, 3.05) is 0 Å². The van der Waals surface area contributed by atoms with Crippen molar-refractivity contribution in [2.45, 2.75) is 16.2 Å². The molecule has 14 heavy (non-hydrogen) atoms. The van der Waals surface area contributed by atoms with Crippen LogP contribution in [0, 0.1) is 0 Å². The minimum atomic E-state index is -4.17. The van der Waals surface area contributed by atoms with Crippen LogP contribution in [0.15, 0.2) is 40.6 Å². The largest absolute Gasteiger partial charge is 0.294 e. The van der Waals surface area contributed by atoms with Crippen LogP contribution in [0.4, 0.5) is 0 Å². The van der Waals surface area contributed by atoms with Gasteiger partial charge in [0.15, 0.2) is 0 Å². The van der Waals surface area contributed by atoms with Crippen molar-refractivity contribution >= 4 is 22.7 Å². The zero-order valence-electron chi connectivity index (χ0n) is 7.34. The molecule has 1 rings (SSSR count). The van der Waals surface area contributed by atoms with E-state index in [0.29, 0.717) is 16.9 Å². The second kappa shape index (κ2) is 4.16. The van der Waals surface area contributed by atoms with Gasteiger partial charge < -0.3 is 0 Å². The molecule has 0 aliphatic carbocycles. The first kappa shape index (κ1) is 11.3. The van der Waals surface area contributed by atoms with Crippen LogP contribution in [-0.4, -0.2) is 13.0 Å². The van der Waals surface area contributed by atoms with Gasteiger partial charge in [0.05, 0.1) is 4.90 Å². The van der Waals surface area contributed by atoms with Crippen molar-refractivity contribution in [3.63, 3.8) is 0 Å². The maximum Gasteiger partial charge on any atom is 0.294 e. The van der Waals surface area contributed by atoms with E-state index in [1.165, 1.54) is 12.1 Å². The molecule has 0 heterocycles. The molecule has 5 heteroatoms. The fourth-order valence-electron chi connectivity index (χ4n) is 1.15. The van der Waals surface area contributed by atoms with E-state index >= 15 is 0 Å². The van der Waals surface area contributed by atoms with Crippen molar-refractivity contribution < 1.29 is 13.0 Å². The van der Waals surface area contributed by atoms with Gasteiger partial charge in [-0.05, 0) is 24.1 Å². The van der Waals surface area contributed by atoms with E-state index < -0.39 is 10.1 Å². The van der Waals surface area contributed by atoms with Gasteiger partial charge in [0.2, 0.25) is 0 Å². The third kappa shape index (κ3) is 2.37. The van der Waals surface area contributed by atoms with Gasteiger partial charge in [-0.25, -0.2) is 0 Å². The van der Waals surface area contributed by atoms with Crippen LogP contribution < -0.4 is 0 Å². The van der Waals surface area contributed by atoms with Gasteiger partial charge in [0.1, 0.15) is 0 Å². The summed E-state index contributed by atoms with van der Waals surface area (Å²) in [6.07, 6.45) is 1.92. The van der Waals surface area contributed by atoms with Gasteiger partial charge in [-0.1, -0.05) is 12.1 Å². The summed E-state index contributed by atoms with van der Waals surface area (Å²) in [4.78, 5) is 0.421. The summed E-state index contributed by atoms with van der Waals surface area (Å²) >= 11 is 4.11. The number of hydrogen-bond donors (Lipinski definition) is 2. The van der Waals surface area contributed by atoms with Crippen molar-refractivity contribution in [3.05, 3.63) is 36.4 Å². The molecule has 0 radical (unpaired) electrons. The van der Waals surface area contributed by atoms with Crippen molar-refractivity contribution in [2.24, 2.45) is 0 Å². The Bertz CT molecular complexity index is 449. The fraction of sp³-hybridized carbons (Fsp3) is 0.111. The third-order valence-electron chi connectivity index (χ3n) is 1.73. The Balaban J connectivity index is 3.43. The number of rotatable bonds is 3. The van der Waals surface area contributed by atoms with E-state index in [2.05, 4.69) is 19.2 Å². The summed E-state index contributed by atoms with van der Waals surface area (Å²) in [5, 5.41) is 0. The van der Waals surface area contributed by atoms with Crippen LogP contribution in [0.5, 0.6) is 0 Å². The summed E-state index contributed by atoms with van der Waals surface area (Å²) < 4.78 is 30.9. The molecule has 1 N–H and O–H groups in total. The lowest BCUT2D eigenvalue weighted by atomic mass is 10.1. The van der Waals surface area contributed by atoms with E-state index in [1.807, 2.05) is 0 Å². The lowest BCUT2D eigenvalue weighted by molar-refractivity contribution is 0.482. The van der Waals surface area contributed by atoms with Crippen molar-refractivity contribution in [1.29, 1.82) is 0 Å². The van der Waals surface area contributed by atoms with E-state index in [-0.39, 0.29) is 4.90 Å². The average molecular weight is 230 g/mol. The van der Waals surface area contributed by atoms with E-state index in [1.54, 1.807) is 12.1 Å². The SMILES string of the molecule is C=CCc1c(S)cccc1S(=O)(=O)O. The van der Waals surface area contributed by atoms with Crippen LogP contribution in [0.3, 0.4) is 0 Å². The predicted octanol–water partition coefficient (Wildman–Crippen LogP) is 1.95. The summed E-state index contributed by atoms with van der Waals surface area (Å²) in [6, 6.07) is 4.53. The number of thiol groups is 1. The Hall–Kier alpha value is -0.780. The molecular weight excluding hydrogens is 220 g/mol. The van der Waals surface area contributed by atoms with Crippen LogP contribution in [-0.2, 0) is 16.5 Å². The highest BCUT2D eigenvalue weighted by molar-refractivity contribution is 7.86. The second-order valence-electron chi connectivity index (χ2n) is 2.72. The quantitative estimate of drug-likeness (QED) is 0.474. The van der Waals surface area contributed by atoms with Gasteiger partial charge in [-0.2, -0.15) is 8.42 Å². The highest BCUT2D eigenvalue weighted by Gasteiger charge is 2.15. The first-order valence-electron chi connectivity index (χ1n) is 3.86. The third-order valence-corrected chi connectivity index (χ3v) is 3.09. The predicted molar refractivity (Wildman–Crippen MR) is 57.4 cm³/mol. The van der Waals surface area contributed by atoms with Gasteiger partial charge in [0, 0.05) is 4.90 Å². The maximum atomic E-state index is 11.0. The molecule has 0 aliphatic rings. The zero-order valence-corrected chi connectivity index (χ0v) is 9.05. The zero-order chi connectivity index (χ0) is 10.8. The molecule has 0 spiro atoms. The van der Waals surface area contributed by atoms with Gasteiger partial charge in [-0.3, -0.25) is 4.55 Å². The topological polar surface area (TPSA) is 54.4 Å². The smallest absolute Gasteiger partial charge is 0.282 e. The highest BCUT2D eigenvalue weighted by atomic mass is 32.2. The summed E-state index contributed by atoms with van der Waals surface area (Å²) in [7, 11) is -4.17. The van der Waals surface area contributed by atoms with E-state index in [4.69, 9.17) is 4.55 Å². The normalized spacial score (nSPS) is 11.3. The highest BCUT2D eigenvalue weighted by Crippen LogP contribution is 2.23. The maximum absolute atomic E-state index is 11.0. The monoisotopic (exact) mass is 230 g/mol. The molecule has 1 aromatic carbocycles. The average Bonchev–Trinajstić information content (AvgIpc) is 2.07. The molecule has 0 fully saturated rings. The lowest BCUT2D eigenvalue weighted by Gasteiger charge is -2.06. The Kier molecular flexibility index (Phi) is 3.36. The van der Waals surface area contributed by atoms with E-state index in [0.717, 1.165) is 0 Å². The Morgan fingerprint density at radius 2 is 2.14 bits per heavy atom. The van der Waals surface area contributed by atoms with Gasteiger partial charge in [0.25, 0.3) is 10.1 Å². The van der Waals surface area contributed by atoms with Crippen LogP contribution in [0.1, 0.15) is 5.56 Å². The number of allylic oxidation sites excluding steroid dienone is 1. The summed E-state index contributed by atoms with van der Waals surface area (Å²) in [5.74, 6) is 0. The van der Waals surface area contributed by atoms with E-state index in [9.17, 15) is 8.42 Å². The molecule has 0 amide bonds.